The standard InChI is InChI=1S/C25H26N4O4S/c30-25(24-14-19(15-26-24)34(31,32)29-10-12-33-13-11-29)28-16-21(18-6-2-1-3-7-18)22-17-27-23-9-5-4-8-20(22)23/h1-9,14-15,17,21,26-27H,10-13,16H2,(H,28,30). The number of para-hydroxylation sites is 1. The van der Waals surface area contributed by atoms with Gasteiger partial charge in [-0.3, -0.25) is 4.79 Å². The molecule has 1 fully saturated rings. The van der Waals surface area contributed by atoms with Crippen molar-refractivity contribution in [1.29, 1.82) is 0 Å². The molecule has 1 atom stereocenters. The first-order chi connectivity index (χ1) is 16.5. The molecule has 0 spiro atoms. The molecule has 4 aromatic rings. The van der Waals surface area contributed by atoms with Crippen LogP contribution in [0.2, 0.25) is 0 Å². The van der Waals surface area contributed by atoms with Gasteiger partial charge >= 0.3 is 0 Å². The minimum absolute atomic E-state index is 0.0761. The zero-order valence-electron chi connectivity index (χ0n) is 18.5. The number of amides is 1. The van der Waals surface area contributed by atoms with Gasteiger partial charge in [0.05, 0.1) is 13.2 Å². The van der Waals surface area contributed by atoms with Gasteiger partial charge in [0, 0.05) is 48.8 Å². The second-order valence-electron chi connectivity index (χ2n) is 8.23. The van der Waals surface area contributed by atoms with Gasteiger partial charge in [-0.1, -0.05) is 48.5 Å². The van der Waals surface area contributed by atoms with Gasteiger partial charge < -0.3 is 20.0 Å². The van der Waals surface area contributed by atoms with Gasteiger partial charge in [0.25, 0.3) is 5.91 Å². The Morgan fingerprint density at radius 3 is 2.53 bits per heavy atom. The number of fused-ring (bicyclic) bond motifs is 1. The van der Waals surface area contributed by atoms with E-state index >= 15 is 0 Å². The molecule has 3 N–H and O–H groups in total. The fourth-order valence-electron chi connectivity index (χ4n) is 4.36. The topological polar surface area (TPSA) is 107 Å². The minimum Gasteiger partial charge on any atom is -0.379 e. The number of hydrogen-bond acceptors (Lipinski definition) is 4. The average molecular weight is 479 g/mol. The highest BCUT2D eigenvalue weighted by Gasteiger charge is 2.28. The van der Waals surface area contributed by atoms with Gasteiger partial charge in [-0.15, -0.1) is 0 Å². The molecule has 0 bridgehead atoms. The molecule has 1 amide bonds. The van der Waals surface area contributed by atoms with Crippen LogP contribution in [0.15, 0.2) is 78.0 Å². The molecule has 2 aromatic carbocycles. The third-order valence-electron chi connectivity index (χ3n) is 6.17. The van der Waals surface area contributed by atoms with Crippen molar-refractivity contribution < 1.29 is 17.9 Å². The summed E-state index contributed by atoms with van der Waals surface area (Å²) in [6, 6.07) is 19.5. The van der Waals surface area contributed by atoms with Crippen molar-refractivity contribution in [3.63, 3.8) is 0 Å². The first-order valence-electron chi connectivity index (χ1n) is 11.2. The van der Waals surface area contributed by atoms with Crippen molar-refractivity contribution in [3.8, 4) is 0 Å². The number of ether oxygens (including phenoxy) is 1. The summed E-state index contributed by atoms with van der Waals surface area (Å²) in [6.07, 6.45) is 3.35. The number of morpholine rings is 1. The zero-order valence-corrected chi connectivity index (χ0v) is 19.3. The summed E-state index contributed by atoms with van der Waals surface area (Å²) < 4.78 is 32.4. The number of sulfonamides is 1. The van der Waals surface area contributed by atoms with Crippen LogP contribution in [0, 0.1) is 0 Å². The lowest BCUT2D eigenvalue weighted by Gasteiger charge is -2.25. The summed E-state index contributed by atoms with van der Waals surface area (Å²) in [7, 11) is -3.67. The third-order valence-corrected chi connectivity index (χ3v) is 8.05. The first kappa shape index (κ1) is 22.4. The molecule has 1 aliphatic heterocycles. The predicted octanol–water partition coefficient (Wildman–Crippen LogP) is 3.08. The molecule has 1 unspecified atom stereocenters. The zero-order chi connectivity index (χ0) is 23.5. The second kappa shape index (κ2) is 9.46. The van der Waals surface area contributed by atoms with Gasteiger partial charge in [-0.05, 0) is 23.3 Å². The van der Waals surface area contributed by atoms with Crippen LogP contribution in [0.5, 0.6) is 0 Å². The van der Waals surface area contributed by atoms with Gasteiger partial charge in [0.15, 0.2) is 0 Å². The van der Waals surface area contributed by atoms with Crippen LogP contribution in [0.25, 0.3) is 10.9 Å². The van der Waals surface area contributed by atoms with E-state index in [1.54, 1.807) is 0 Å². The quantitative estimate of drug-likeness (QED) is 0.379. The lowest BCUT2D eigenvalue weighted by Crippen LogP contribution is -2.40. The summed E-state index contributed by atoms with van der Waals surface area (Å²) in [6.45, 7) is 1.70. The van der Waals surface area contributed by atoms with Crippen molar-refractivity contribution in [1.82, 2.24) is 19.6 Å². The Bertz CT molecular complexity index is 1390. The molecule has 0 saturated carbocycles. The van der Waals surface area contributed by atoms with Crippen LogP contribution in [-0.2, 0) is 14.8 Å². The second-order valence-corrected chi connectivity index (χ2v) is 10.2. The first-order valence-corrected chi connectivity index (χ1v) is 12.6. The largest absolute Gasteiger partial charge is 0.379 e. The average Bonchev–Trinajstić information content (AvgIpc) is 3.54. The monoisotopic (exact) mass is 478 g/mol. The van der Waals surface area contributed by atoms with Gasteiger partial charge in [-0.2, -0.15) is 4.31 Å². The molecule has 3 heterocycles. The number of aromatic nitrogens is 2. The number of carbonyl (C=O) groups is 1. The van der Waals surface area contributed by atoms with E-state index in [0.29, 0.717) is 32.8 Å². The summed E-state index contributed by atoms with van der Waals surface area (Å²) >= 11 is 0. The normalized spacial score (nSPS) is 15.9. The molecule has 2 aromatic heterocycles. The maximum Gasteiger partial charge on any atom is 0.267 e. The fraction of sp³-hybridized carbons (Fsp3) is 0.240. The predicted molar refractivity (Wildman–Crippen MR) is 129 cm³/mol. The number of nitrogens with zero attached hydrogens (tertiary/aromatic N) is 1. The van der Waals surface area contributed by atoms with Crippen molar-refractivity contribution in [2.75, 3.05) is 32.8 Å². The molecular weight excluding hydrogens is 452 g/mol. The number of aromatic amines is 2. The lowest BCUT2D eigenvalue weighted by molar-refractivity contribution is 0.0730. The number of rotatable bonds is 7. The van der Waals surface area contributed by atoms with E-state index in [2.05, 4.69) is 21.4 Å². The Morgan fingerprint density at radius 2 is 1.74 bits per heavy atom. The highest BCUT2D eigenvalue weighted by Crippen LogP contribution is 2.30. The summed E-state index contributed by atoms with van der Waals surface area (Å²) in [4.78, 5) is 19.2. The third kappa shape index (κ3) is 4.37. The Kier molecular flexibility index (Phi) is 6.23. The van der Waals surface area contributed by atoms with Crippen LogP contribution in [-0.4, -0.2) is 61.4 Å². The van der Waals surface area contributed by atoms with E-state index in [9.17, 15) is 13.2 Å². The van der Waals surface area contributed by atoms with Crippen molar-refractivity contribution in [2.45, 2.75) is 10.8 Å². The van der Waals surface area contributed by atoms with E-state index in [4.69, 9.17) is 4.74 Å². The van der Waals surface area contributed by atoms with Crippen molar-refractivity contribution in [2.24, 2.45) is 0 Å². The van der Waals surface area contributed by atoms with Gasteiger partial charge in [0.1, 0.15) is 10.6 Å². The molecule has 1 saturated heterocycles. The van der Waals surface area contributed by atoms with Crippen LogP contribution in [0.4, 0.5) is 0 Å². The summed E-state index contributed by atoms with van der Waals surface area (Å²) in [5.41, 5.74) is 3.41. The number of H-pyrrole nitrogens is 2. The Hall–Kier alpha value is -3.40. The van der Waals surface area contributed by atoms with Crippen LogP contribution in [0.3, 0.4) is 0 Å². The lowest BCUT2D eigenvalue weighted by atomic mass is 9.91. The smallest absolute Gasteiger partial charge is 0.267 e. The number of nitrogens with one attached hydrogen (secondary N) is 3. The molecule has 5 rings (SSSR count). The van der Waals surface area contributed by atoms with Crippen LogP contribution >= 0.6 is 0 Å². The van der Waals surface area contributed by atoms with Gasteiger partial charge in [0.2, 0.25) is 10.0 Å². The maximum absolute atomic E-state index is 13.0. The molecule has 176 valence electrons. The fourth-order valence-corrected chi connectivity index (χ4v) is 5.76. The Morgan fingerprint density at radius 1 is 1.00 bits per heavy atom. The van der Waals surface area contributed by atoms with Crippen molar-refractivity contribution >= 4 is 26.8 Å². The molecule has 34 heavy (non-hydrogen) atoms. The highest BCUT2D eigenvalue weighted by molar-refractivity contribution is 7.89. The maximum atomic E-state index is 13.0. The Labute approximate surface area is 198 Å². The van der Waals surface area contributed by atoms with Crippen LogP contribution < -0.4 is 5.32 Å². The van der Waals surface area contributed by atoms with E-state index in [1.165, 1.54) is 16.6 Å². The SMILES string of the molecule is O=C(NCC(c1ccccc1)c1c[nH]c2ccccc12)c1cc(S(=O)(=O)N2CCOCC2)c[nH]1. The molecule has 0 radical (unpaired) electrons. The van der Waals surface area contributed by atoms with Gasteiger partial charge in [-0.25, -0.2) is 8.42 Å². The minimum atomic E-state index is -3.67. The van der Waals surface area contributed by atoms with Crippen LogP contribution in [0.1, 0.15) is 27.5 Å². The number of carbonyl (C=O) groups excluding carboxylic acids is 1. The van der Waals surface area contributed by atoms with E-state index in [-0.39, 0.29) is 22.4 Å². The summed E-state index contributed by atoms with van der Waals surface area (Å²) in [5, 5.41) is 4.08. The molecular formula is C25H26N4O4S. The number of benzene rings is 2. The Balaban J connectivity index is 1.36. The summed E-state index contributed by atoms with van der Waals surface area (Å²) in [5.74, 6) is -0.433. The molecule has 8 nitrogen and oxygen atoms in total. The number of hydrogen-bond donors (Lipinski definition) is 3. The molecule has 9 heteroatoms. The molecule has 0 aliphatic carbocycles. The molecule has 1 aliphatic rings. The van der Waals surface area contributed by atoms with Crippen molar-refractivity contribution in [3.05, 3.63) is 89.9 Å². The highest BCUT2D eigenvalue weighted by atomic mass is 32.2. The van der Waals surface area contributed by atoms with E-state index < -0.39 is 10.0 Å². The van der Waals surface area contributed by atoms with E-state index in [1.807, 2.05) is 54.7 Å². The van der Waals surface area contributed by atoms with E-state index in [0.717, 1.165) is 22.0 Å².